The second-order valence-corrected chi connectivity index (χ2v) is 10.9. The van der Waals surface area contributed by atoms with Gasteiger partial charge < -0.3 is 4.74 Å². The van der Waals surface area contributed by atoms with Crippen LogP contribution in [-0.2, 0) is 21.3 Å². The number of hydrogen-bond donors (Lipinski definition) is 0. The molecule has 31 heavy (non-hydrogen) atoms. The first kappa shape index (κ1) is 22.2. The van der Waals surface area contributed by atoms with Crippen molar-refractivity contribution in [3.63, 3.8) is 0 Å². The zero-order chi connectivity index (χ0) is 21.8. The Balaban J connectivity index is 1.43. The van der Waals surface area contributed by atoms with Gasteiger partial charge in [0.1, 0.15) is 5.25 Å². The molecule has 4 rings (SSSR count). The Bertz CT molecular complexity index is 982. The molecule has 2 unspecified atom stereocenters. The molecule has 2 aliphatic rings. The minimum Gasteiger partial charge on any atom is -0.381 e. The van der Waals surface area contributed by atoms with Crippen molar-refractivity contribution in [2.45, 2.75) is 56.9 Å². The number of carbonyl (C=O) groups excluding carboxylic acids is 1. The Kier molecular flexibility index (Phi) is 6.89. The van der Waals surface area contributed by atoms with E-state index in [-0.39, 0.29) is 11.8 Å². The normalized spacial score (nSPS) is 26.0. The van der Waals surface area contributed by atoms with Crippen LogP contribution in [0.5, 0.6) is 0 Å². The molecule has 3 atom stereocenters. The van der Waals surface area contributed by atoms with E-state index < -0.39 is 15.3 Å². The predicted molar refractivity (Wildman–Crippen MR) is 121 cm³/mol. The molecule has 0 bridgehead atoms. The molecule has 0 saturated carbocycles. The van der Waals surface area contributed by atoms with Gasteiger partial charge in [0.15, 0.2) is 5.78 Å². The Hall–Kier alpha value is -2.02. The van der Waals surface area contributed by atoms with E-state index in [4.69, 9.17) is 4.74 Å². The summed E-state index contributed by atoms with van der Waals surface area (Å²) < 4.78 is 33.8. The average Bonchev–Trinajstić information content (AvgIpc) is 3.29. The summed E-state index contributed by atoms with van der Waals surface area (Å²) in [5, 5.41) is -0.495. The van der Waals surface area contributed by atoms with Crippen LogP contribution in [0.1, 0.15) is 65.8 Å². The molecule has 2 aliphatic heterocycles. The lowest BCUT2D eigenvalue weighted by Gasteiger charge is -2.37. The highest BCUT2D eigenvalue weighted by Gasteiger charge is 2.40. The Morgan fingerprint density at radius 1 is 1.03 bits per heavy atom. The number of ketones is 1. The van der Waals surface area contributed by atoms with Gasteiger partial charge in [0.2, 0.25) is 10.0 Å². The monoisotopic (exact) mass is 441 g/mol. The fourth-order valence-electron chi connectivity index (χ4n) is 4.62. The molecule has 2 fully saturated rings. The van der Waals surface area contributed by atoms with Crippen molar-refractivity contribution in [3.05, 3.63) is 71.3 Å². The van der Waals surface area contributed by atoms with Gasteiger partial charge in [-0.25, -0.2) is 8.42 Å². The van der Waals surface area contributed by atoms with E-state index in [1.54, 1.807) is 4.31 Å². The van der Waals surface area contributed by atoms with Crippen molar-refractivity contribution in [1.82, 2.24) is 4.31 Å². The van der Waals surface area contributed by atoms with Gasteiger partial charge >= 0.3 is 0 Å². The highest BCUT2D eigenvalue weighted by molar-refractivity contribution is 7.89. The molecule has 0 N–H and O–H groups in total. The Morgan fingerprint density at radius 3 is 2.45 bits per heavy atom. The zero-order valence-electron chi connectivity index (χ0n) is 18.1. The van der Waals surface area contributed by atoms with Crippen LogP contribution in [0, 0.1) is 5.92 Å². The molecule has 2 heterocycles. The highest BCUT2D eigenvalue weighted by atomic mass is 32.2. The lowest BCUT2D eigenvalue weighted by Crippen LogP contribution is -2.44. The van der Waals surface area contributed by atoms with Crippen LogP contribution in [0.3, 0.4) is 0 Å². The SMILES string of the molecule is C[C@H]1CCC(c2ccccc2)S(=O)(=O)N1Cc1ccc(C(=O)CCC2CCOC2)cc1. The number of sulfonamides is 1. The maximum atomic E-state index is 13.4. The van der Waals surface area contributed by atoms with E-state index in [1.165, 1.54) is 0 Å². The predicted octanol–water partition coefficient (Wildman–Crippen LogP) is 4.74. The molecule has 0 aromatic heterocycles. The first-order valence-electron chi connectivity index (χ1n) is 11.2. The van der Waals surface area contributed by atoms with Crippen LogP contribution in [0.25, 0.3) is 0 Å². The lowest BCUT2D eigenvalue weighted by molar-refractivity contribution is 0.0971. The molecule has 5 nitrogen and oxygen atoms in total. The van der Waals surface area contributed by atoms with Crippen molar-refractivity contribution in [2.75, 3.05) is 13.2 Å². The van der Waals surface area contributed by atoms with Crippen molar-refractivity contribution in [1.29, 1.82) is 0 Å². The summed E-state index contributed by atoms with van der Waals surface area (Å²) in [6, 6.07) is 16.9. The maximum Gasteiger partial charge on any atom is 0.221 e. The number of benzene rings is 2. The van der Waals surface area contributed by atoms with Crippen molar-refractivity contribution in [3.8, 4) is 0 Å². The summed E-state index contributed by atoms with van der Waals surface area (Å²) in [4.78, 5) is 12.5. The fourth-order valence-corrected chi connectivity index (χ4v) is 6.82. The number of Topliss-reactive ketones (excluding diaryl/α,β-unsaturated/α-hetero) is 1. The number of nitrogens with zero attached hydrogens (tertiary/aromatic N) is 1. The molecule has 2 aromatic carbocycles. The summed E-state index contributed by atoms with van der Waals surface area (Å²) in [6.07, 6.45) is 3.91. The van der Waals surface area contributed by atoms with Crippen molar-refractivity contribution in [2.24, 2.45) is 5.92 Å². The molecule has 2 aromatic rings. The third kappa shape index (κ3) is 5.08. The molecule has 6 heteroatoms. The van der Waals surface area contributed by atoms with E-state index in [1.807, 2.05) is 61.5 Å². The molecule has 2 saturated heterocycles. The number of carbonyl (C=O) groups is 1. The van der Waals surface area contributed by atoms with Gasteiger partial charge in [0.05, 0.1) is 0 Å². The summed E-state index contributed by atoms with van der Waals surface area (Å²) in [7, 11) is -3.45. The molecular weight excluding hydrogens is 410 g/mol. The molecule has 0 amide bonds. The summed E-state index contributed by atoms with van der Waals surface area (Å²) in [6.45, 7) is 3.87. The quantitative estimate of drug-likeness (QED) is 0.582. The largest absolute Gasteiger partial charge is 0.381 e. The van der Waals surface area contributed by atoms with Gasteiger partial charge in [-0.15, -0.1) is 0 Å². The van der Waals surface area contributed by atoms with E-state index in [2.05, 4.69) is 0 Å². The van der Waals surface area contributed by atoms with Gasteiger partial charge in [-0.2, -0.15) is 4.31 Å². The van der Waals surface area contributed by atoms with E-state index in [0.717, 1.165) is 43.6 Å². The number of hydrogen-bond acceptors (Lipinski definition) is 4. The first-order valence-corrected chi connectivity index (χ1v) is 12.7. The average molecular weight is 442 g/mol. The van der Waals surface area contributed by atoms with Crippen LogP contribution in [0.2, 0.25) is 0 Å². The lowest BCUT2D eigenvalue weighted by atomic mass is 9.97. The second-order valence-electron chi connectivity index (χ2n) is 8.80. The van der Waals surface area contributed by atoms with E-state index >= 15 is 0 Å². The first-order chi connectivity index (χ1) is 14.9. The van der Waals surface area contributed by atoms with Crippen molar-refractivity contribution < 1.29 is 17.9 Å². The third-order valence-corrected chi connectivity index (χ3v) is 8.98. The molecule has 0 spiro atoms. The Morgan fingerprint density at radius 2 is 1.77 bits per heavy atom. The number of rotatable bonds is 7. The van der Waals surface area contributed by atoms with Gasteiger partial charge in [-0.1, -0.05) is 54.6 Å². The topological polar surface area (TPSA) is 63.7 Å². The zero-order valence-corrected chi connectivity index (χ0v) is 18.9. The van der Waals surface area contributed by atoms with Gasteiger partial charge in [0, 0.05) is 37.8 Å². The van der Waals surface area contributed by atoms with Gasteiger partial charge in [-0.05, 0) is 49.7 Å². The standard InChI is InChI=1S/C25H31NO4S/c1-19-7-14-25(23-5-3-2-4-6-23)31(28,29)26(19)17-20-8-11-22(12-9-20)24(27)13-10-21-15-16-30-18-21/h2-6,8-9,11-12,19,21,25H,7,10,13-18H2,1H3/t19-,21?,25?/m0/s1. The smallest absolute Gasteiger partial charge is 0.221 e. The summed E-state index contributed by atoms with van der Waals surface area (Å²) in [5.41, 5.74) is 2.46. The molecule has 166 valence electrons. The van der Waals surface area contributed by atoms with E-state index in [0.29, 0.717) is 30.9 Å². The fraction of sp³-hybridized carbons (Fsp3) is 0.480. The summed E-state index contributed by atoms with van der Waals surface area (Å²) in [5.74, 6) is 0.633. The molecule has 0 aliphatic carbocycles. The van der Waals surface area contributed by atoms with Crippen LogP contribution in [0.15, 0.2) is 54.6 Å². The maximum absolute atomic E-state index is 13.4. The van der Waals surface area contributed by atoms with Crippen molar-refractivity contribution >= 4 is 15.8 Å². The highest BCUT2D eigenvalue weighted by Crippen LogP contribution is 2.38. The van der Waals surface area contributed by atoms with E-state index in [9.17, 15) is 13.2 Å². The van der Waals surface area contributed by atoms with Crippen LogP contribution in [0.4, 0.5) is 0 Å². The van der Waals surface area contributed by atoms with Crippen LogP contribution < -0.4 is 0 Å². The molecular formula is C25H31NO4S. The number of ether oxygens (including phenoxy) is 1. The minimum atomic E-state index is -3.45. The Labute approximate surface area is 185 Å². The molecule has 0 radical (unpaired) electrons. The second kappa shape index (κ2) is 9.63. The minimum absolute atomic E-state index is 0.0418. The third-order valence-electron chi connectivity index (χ3n) is 6.61. The summed E-state index contributed by atoms with van der Waals surface area (Å²) >= 11 is 0. The van der Waals surface area contributed by atoms with Crippen LogP contribution in [-0.4, -0.2) is 37.8 Å². The van der Waals surface area contributed by atoms with Gasteiger partial charge in [-0.3, -0.25) is 4.79 Å². The van der Waals surface area contributed by atoms with Gasteiger partial charge in [0.25, 0.3) is 0 Å². The van der Waals surface area contributed by atoms with Crippen LogP contribution >= 0.6 is 0 Å².